The highest BCUT2D eigenvalue weighted by Crippen LogP contribution is 2.25. The first-order chi connectivity index (χ1) is 11.0. The lowest BCUT2D eigenvalue weighted by molar-refractivity contribution is 0.0930. The molecule has 1 atom stereocenters. The molecule has 134 valence electrons. The van der Waals surface area contributed by atoms with Gasteiger partial charge >= 0.3 is 0 Å². The van der Waals surface area contributed by atoms with Gasteiger partial charge < -0.3 is 11.1 Å². The van der Waals surface area contributed by atoms with Crippen LogP contribution >= 0.6 is 12.4 Å². The number of carbonyl (C=O) groups is 1. The maximum Gasteiger partial charge on any atom is 0.269 e. The molecule has 0 radical (unpaired) electrons. The van der Waals surface area contributed by atoms with E-state index in [4.69, 9.17) is 5.73 Å². The zero-order chi connectivity index (χ0) is 17.0. The van der Waals surface area contributed by atoms with Crippen molar-refractivity contribution in [1.29, 1.82) is 0 Å². The quantitative estimate of drug-likeness (QED) is 0.708. The van der Waals surface area contributed by atoms with Crippen LogP contribution in [0.5, 0.6) is 0 Å². The molecule has 0 aliphatic heterocycles. The van der Waals surface area contributed by atoms with Crippen molar-refractivity contribution in [2.45, 2.75) is 46.1 Å². The van der Waals surface area contributed by atoms with Gasteiger partial charge in [-0.2, -0.15) is 10.2 Å². The lowest BCUT2D eigenvalue weighted by Crippen LogP contribution is -2.40. The van der Waals surface area contributed by atoms with Crippen LogP contribution in [-0.2, 0) is 7.05 Å². The van der Waals surface area contributed by atoms with Gasteiger partial charge in [0.15, 0.2) is 0 Å². The number of aromatic nitrogens is 4. The monoisotopic (exact) mass is 354 g/mol. The topological polar surface area (TPSA) is 102 Å². The summed E-state index contributed by atoms with van der Waals surface area (Å²) >= 11 is 0. The molecule has 8 heteroatoms. The standard InChI is InChI=1S/C16H26N6O.ClH/c1-5-6-7-12(9-17)18-16(23)14-8-13(19-20-14)15-10(2)21-22(4)11(15)3;/h8,12H,5-7,9,17H2,1-4H3,(H,18,23)(H,19,20);1H. The van der Waals surface area contributed by atoms with Gasteiger partial charge in [0, 0.05) is 30.9 Å². The number of nitrogens with zero attached hydrogens (tertiary/aromatic N) is 3. The molecule has 4 N–H and O–H groups in total. The van der Waals surface area contributed by atoms with Crippen LogP contribution in [0.4, 0.5) is 0 Å². The molecule has 0 aliphatic carbocycles. The normalized spacial score (nSPS) is 11.9. The summed E-state index contributed by atoms with van der Waals surface area (Å²) in [5.41, 5.74) is 9.78. The molecule has 0 bridgehead atoms. The molecule has 1 unspecified atom stereocenters. The third kappa shape index (κ3) is 4.36. The average molecular weight is 355 g/mol. The number of amides is 1. The van der Waals surface area contributed by atoms with E-state index in [9.17, 15) is 4.79 Å². The Kier molecular flexibility index (Phi) is 7.44. The van der Waals surface area contributed by atoms with Crippen LogP contribution in [-0.4, -0.2) is 38.5 Å². The Bertz CT molecular complexity index is 678. The molecule has 0 fully saturated rings. The van der Waals surface area contributed by atoms with E-state index in [0.29, 0.717) is 12.2 Å². The molecule has 2 aromatic rings. The molecule has 2 heterocycles. The molecule has 0 saturated heterocycles. The number of halogens is 1. The van der Waals surface area contributed by atoms with Crippen LogP contribution in [0.25, 0.3) is 11.3 Å². The van der Waals surface area contributed by atoms with Gasteiger partial charge in [0.25, 0.3) is 5.91 Å². The molecule has 0 spiro atoms. The summed E-state index contributed by atoms with van der Waals surface area (Å²) in [7, 11) is 1.89. The SMILES string of the molecule is CCCCC(CN)NC(=O)c1cc(-c2c(C)nn(C)c2C)n[nH]1.Cl. The number of nitrogens with one attached hydrogen (secondary N) is 2. The number of aryl methyl sites for hydroxylation is 2. The second kappa shape index (κ2) is 8.84. The summed E-state index contributed by atoms with van der Waals surface area (Å²) in [5.74, 6) is -0.172. The first-order valence-electron chi connectivity index (χ1n) is 8.04. The molecular weight excluding hydrogens is 328 g/mol. The number of carbonyl (C=O) groups excluding carboxylic acids is 1. The van der Waals surface area contributed by atoms with Crippen molar-refractivity contribution < 1.29 is 4.79 Å². The van der Waals surface area contributed by atoms with E-state index in [1.807, 2.05) is 25.6 Å². The maximum atomic E-state index is 12.3. The summed E-state index contributed by atoms with van der Waals surface area (Å²) in [5, 5.41) is 14.4. The molecule has 0 saturated carbocycles. The first kappa shape index (κ1) is 20.2. The van der Waals surface area contributed by atoms with Gasteiger partial charge in [0.05, 0.1) is 11.4 Å². The third-order valence-corrected chi connectivity index (χ3v) is 4.11. The van der Waals surface area contributed by atoms with Crippen LogP contribution in [0.15, 0.2) is 6.07 Å². The Morgan fingerprint density at radius 2 is 2.17 bits per heavy atom. The number of hydrogen-bond acceptors (Lipinski definition) is 4. The summed E-state index contributed by atoms with van der Waals surface area (Å²) in [6, 6.07) is 1.76. The minimum Gasteiger partial charge on any atom is -0.347 e. The van der Waals surface area contributed by atoms with Gasteiger partial charge in [-0.3, -0.25) is 14.6 Å². The third-order valence-electron chi connectivity index (χ3n) is 4.11. The number of unbranched alkanes of at least 4 members (excludes halogenated alkanes) is 1. The molecule has 2 aromatic heterocycles. The second-order valence-corrected chi connectivity index (χ2v) is 5.88. The van der Waals surface area contributed by atoms with Gasteiger partial charge in [0.1, 0.15) is 5.69 Å². The number of hydrogen-bond donors (Lipinski definition) is 3. The van der Waals surface area contributed by atoms with Crippen LogP contribution < -0.4 is 11.1 Å². The Morgan fingerprint density at radius 1 is 1.46 bits per heavy atom. The lowest BCUT2D eigenvalue weighted by Gasteiger charge is -2.15. The summed E-state index contributed by atoms with van der Waals surface area (Å²) in [4.78, 5) is 12.3. The number of rotatable bonds is 7. The number of aromatic amines is 1. The minimum absolute atomic E-state index is 0. The smallest absolute Gasteiger partial charge is 0.269 e. The van der Waals surface area contributed by atoms with E-state index in [-0.39, 0.29) is 24.4 Å². The zero-order valence-electron chi connectivity index (χ0n) is 14.7. The van der Waals surface area contributed by atoms with Crippen molar-refractivity contribution in [3.8, 4) is 11.3 Å². The highest BCUT2D eigenvalue weighted by atomic mass is 35.5. The summed E-state index contributed by atoms with van der Waals surface area (Å²) < 4.78 is 1.81. The van der Waals surface area contributed by atoms with Gasteiger partial charge in [-0.25, -0.2) is 0 Å². The van der Waals surface area contributed by atoms with Crippen molar-refractivity contribution in [3.63, 3.8) is 0 Å². The van der Waals surface area contributed by atoms with Crippen LogP contribution in [0.3, 0.4) is 0 Å². The average Bonchev–Trinajstić information content (AvgIpc) is 3.09. The van der Waals surface area contributed by atoms with E-state index in [0.717, 1.165) is 41.9 Å². The second-order valence-electron chi connectivity index (χ2n) is 5.88. The molecule has 0 aliphatic rings. The van der Waals surface area contributed by atoms with Gasteiger partial charge in [-0.1, -0.05) is 19.8 Å². The van der Waals surface area contributed by atoms with Crippen molar-refractivity contribution >= 4 is 18.3 Å². The predicted molar refractivity (Wildman–Crippen MR) is 97.3 cm³/mol. The Labute approximate surface area is 148 Å². The Balaban J connectivity index is 0.00000288. The summed E-state index contributed by atoms with van der Waals surface area (Å²) in [6.45, 7) is 6.48. The molecule has 2 rings (SSSR count). The molecule has 1 amide bonds. The van der Waals surface area contributed by atoms with Gasteiger partial charge in [-0.15, -0.1) is 12.4 Å². The van der Waals surface area contributed by atoms with E-state index < -0.39 is 0 Å². The zero-order valence-corrected chi connectivity index (χ0v) is 15.5. The van der Waals surface area contributed by atoms with Crippen LogP contribution in [0.1, 0.15) is 48.1 Å². The van der Waals surface area contributed by atoms with Crippen molar-refractivity contribution in [2.24, 2.45) is 12.8 Å². The fourth-order valence-electron chi connectivity index (χ4n) is 2.67. The molecule has 24 heavy (non-hydrogen) atoms. The maximum absolute atomic E-state index is 12.3. The molecule has 0 aromatic carbocycles. The lowest BCUT2D eigenvalue weighted by atomic mass is 10.1. The van der Waals surface area contributed by atoms with Gasteiger partial charge in [0.2, 0.25) is 0 Å². The predicted octanol–water partition coefficient (Wildman–Crippen LogP) is 2.10. The number of nitrogens with two attached hydrogens (primary N) is 1. The first-order valence-corrected chi connectivity index (χ1v) is 8.04. The van der Waals surface area contributed by atoms with E-state index in [1.54, 1.807) is 6.07 Å². The fourth-order valence-corrected chi connectivity index (χ4v) is 2.67. The number of H-pyrrole nitrogens is 1. The van der Waals surface area contributed by atoms with Crippen molar-refractivity contribution in [3.05, 3.63) is 23.1 Å². The van der Waals surface area contributed by atoms with E-state index >= 15 is 0 Å². The van der Waals surface area contributed by atoms with Gasteiger partial charge in [-0.05, 0) is 26.3 Å². The van der Waals surface area contributed by atoms with E-state index in [1.165, 1.54) is 0 Å². The van der Waals surface area contributed by atoms with Crippen molar-refractivity contribution in [2.75, 3.05) is 6.54 Å². The molecule has 7 nitrogen and oxygen atoms in total. The van der Waals surface area contributed by atoms with Crippen LogP contribution in [0.2, 0.25) is 0 Å². The molecular formula is C16H27ClN6O. The Morgan fingerprint density at radius 3 is 2.71 bits per heavy atom. The van der Waals surface area contributed by atoms with E-state index in [2.05, 4.69) is 27.5 Å². The fraction of sp³-hybridized carbons (Fsp3) is 0.562. The highest BCUT2D eigenvalue weighted by molar-refractivity contribution is 5.93. The van der Waals surface area contributed by atoms with Crippen LogP contribution in [0, 0.1) is 13.8 Å². The largest absolute Gasteiger partial charge is 0.347 e. The Hall–Kier alpha value is -1.86. The minimum atomic E-state index is -0.172. The van der Waals surface area contributed by atoms with Crippen molar-refractivity contribution in [1.82, 2.24) is 25.3 Å². The summed E-state index contributed by atoms with van der Waals surface area (Å²) in [6.07, 6.45) is 3.02. The highest BCUT2D eigenvalue weighted by Gasteiger charge is 2.18.